The van der Waals surface area contributed by atoms with Crippen LogP contribution in [0.25, 0.3) is 159 Å². The Kier molecular flexibility index (Phi) is 16.3. The summed E-state index contributed by atoms with van der Waals surface area (Å²) in [6.45, 7) is 35.1. The van der Waals surface area contributed by atoms with E-state index in [2.05, 4.69) is 461 Å². The number of rotatable bonds is 9. The van der Waals surface area contributed by atoms with Gasteiger partial charge in [-0.2, -0.15) is 0 Å². The van der Waals surface area contributed by atoms with Crippen molar-refractivity contribution in [2.75, 3.05) is 9.80 Å². The number of anilines is 6. The Labute approximate surface area is 727 Å². The van der Waals surface area contributed by atoms with Gasteiger partial charge < -0.3 is 23.5 Å². The molecule has 3 aromatic heterocycles. The van der Waals surface area contributed by atoms with Gasteiger partial charge in [0.2, 0.25) is 0 Å². The molecule has 0 amide bonds. The second kappa shape index (κ2) is 26.9. The number of para-hydroxylation sites is 4. The van der Waals surface area contributed by atoms with Crippen LogP contribution in [0.4, 0.5) is 34.1 Å². The molecule has 0 aliphatic carbocycles. The van der Waals surface area contributed by atoms with E-state index in [-0.39, 0.29) is 33.8 Å². The Morgan fingerprint density at radius 3 is 0.944 bits per heavy atom. The smallest absolute Gasteiger partial charge is 0.252 e. The number of hydrogen-bond acceptors (Lipinski definition) is 2. The summed E-state index contributed by atoms with van der Waals surface area (Å²) in [4.78, 5) is 5.58. The van der Waals surface area contributed by atoms with Crippen LogP contribution < -0.4 is 26.2 Å². The molecule has 2 aliphatic rings. The molecule has 0 bridgehead atoms. The lowest BCUT2D eigenvalue weighted by molar-refractivity contribution is 0.589. The van der Waals surface area contributed by atoms with Gasteiger partial charge >= 0.3 is 0 Å². The summed E-state index contributed by atoms with van der Waals surface area (Å²) in [5, 5.41) is 15.1. The van der Waals surface area contributed by atoms with Crippen molar-refractivity contribution in [2.45, 2.75) is 131 Å². The van der Waals surface area contributed by atoms with Crippen LogP contribution in [0.1, 0.15) is 132 Å². The van der Waals surface area contributed by atoms with Crippen molar-refractivity contribution >= 4 is 155 Å². The van der Waals surface area contributed by atoms with Gasteiger partial charge in [0, 0.05) is 83.1 Å². The Morgan fingerprint density at radius 2 is 0.556 bits per heavy atom. The summed E-state index contributed by atoms with van der Waals surface area (Å²) in [7, 11) is 0. The van der Waals surface area contributed by atoms with E-state index in [1.165, 1.54) is 120 Å². The van der Waals surface area contributed by atoms with Gasteiger partial charge in [-0.25, -0.2) is 0 Å². The maximum absolute atomic E-state index is 2.80. The molecule has 124 heavy (non-hydrogen) atoms. The maximum atomic E-state index is 2.80. The predicted molar refractivity (Wildman–Crippen MR) is 534 cm³/mol. The number of nitrogens with zero attached hydrogens (tertiary/aromatic N) is 5. The van der Waals surface area contributed by atoms with Gasteiger partial charge in [0.25, 0.3) is 6.71 Å². The van der Waals surface area contributed by atoms with Crippen molar-refractivity contribution in [3.63, 3.8) is 0 Å². The lowest BCUT2D eigenvalue weighted by atomic mass is 9.33. The van der Waals surface area contributed by atoms with Crippen LogP contribution in [0, 0.1) is 0 Å². The summed E-state index contributed by atoms with van der Waals surface area (Å²) in [5.41, 5.74) is 35.2. The Balaban J connectivity index is 0.930. The van der Waals surface area contributed by atoms with Gasteiger partial charge in [0.15, 0.2) is 0 Å². The fourth-order valence-electron chi connectivity index (χ4n) is 21.3. The molecule has 2 aliphatic heterocycles. The zero-order valence-electron chi connectivity index (χ0n) is 73.6. The van der Waals surface area contributed by atoms with Crippen LogP contribution in [0.2, 0.25) is 0 Å². The highest BCUT2D eigenvalue weighted by Gasteiger charge is 2.47. The molecule has 0 spiro atoms. The molecule has 0 N–H and O–H groups in total. The molecule has 0 atom stereocenters. The Morgan fingerprint density at radius 1 is 0.210 bits per heavy atom. The van der Waals surface area contributed by atoms with Crippen molar-refractivity contribution in [1.82, 2.24) is 13.7 Å². The van der Waals surface area contributed by atoms with Crippen molar-refractivity contribution < 1.29 is 0 Å². The first kappa shape index (κ1) is 75.3. The fourth-order valence-corrected chi connectivity index (χ4v) is 21.3. The van der Waals surface area contributed by atoms with E-state index in [0.717, 1.165) is 118 Å². The minimum Gasteiger partial charge on any atom is -0.310 e. The summed E-state index contributed by atoms with van der Waals surface area (Å²) >= 11 is 0. The third-order valence-electron chi connectivity index (χ3n) is 27.7. The van der Waals surface area contributed by atoms with Crippen molar-refractivity contribution in [3.8, 4) is 61.6 Å². The average molecular weight is 1600 g/mol. The molecule has 21 aromatic rings. The number of hydrogen-bond donors (Lipinski definition) is 0. The zero-order chi connectivity index (χ0) is 84.7. The summed E-state index contributed by atoms with van der Waals surface area (Å²) in [5.74, 6) is 0. The maximum Gasteiger partial charge on any atom is 0.252 e. The predicted octanol–water partition coefficient (Wildman–Crippen LogP) is 30.6. The second-order valence-electron chi connectivity index (χ2n) is 40.5. The molecule has 6 heteroatoms. The van der Waals surface area contributed by atoms with E-state index >= 15 is 0 Å². The molecule has 0 unspecified atom stereocenters. The van der Waals surface area contributed by atoms with Gasteiger partial charge in [0.1, 0.15) is 0 Å². The summed E-state index contributed by atoms with van der Waals surface area (Å²) < 4.78 is 7.77. The highest BCUT2D eigenvalue weighted by atomic mass is 15.2. The number of fused-ring (bicyclic) bond motifs is 11. The quantitative estimate of drug-likeness (QED) is 0.0816. The van der Waals surface area contributed by atoms with Crippen molar-refractivity contribution in [3.05, 3.63) is 361 Å². The van der Waals surface area contributed by atoms with Gasteiger partial charge in [-0.15, -0.1) is 0 Å². The van der Waals surface area contributed by atoms with E-state index in [1.807, 2.05) is 0 Å². The largest absolute Gasteiger partial charge is 0.310 e. The molecule has 5 nitrogen and oxygen atoms in total. The van der Waals surface area contributed by atoms with Crippen LogP contribution in [-0.4, -0.2) is 20.4 Å². The molecule has 0 saturated carbocycles. The molecule has 0 fully saturated rings. The Bertz CT molecular complexity index is 7680. The fraction of sp³-hybridized carbons (Fsp3) is 0.169. The van der Waals surface area contributed by atoms with E-state index in [4.69, 9.17) is 0 Å². The second-order valence-corrected chi connectivity index (χ2v) is 40.5. The van der Waals surface area contributed by atoms with Crippen LogP contribution in [0.5, 0.6) is 0 Å². The molecular formula is C118H100BN5. The minimum atomic E-state index is -0.326. The Hall–Kier alpha value is -13.7. The minimum absolute atomic E-state index is 0.0865. The highest BCUT2D eigenvalue weighted by Crippen LogP contribution is 2.58. The van der Waals surface area contributed by atoms with Crippen molar-refractivity contribution in [1.29, 1.82) is 0 Å². The summed E-state index contributed by atoms with van der Waals surface area (Å²) in [6.07, 6.45) is 0. The van der Waals surface area contributed by atoms with Crippen LogP contribution >= 0.6 is 0 Å². The third kappa shape index (κ3) is 11.4. The third-order valence-corrected chi connectivity index (χ3v) is 27.7. The lowest BCUT2D eigenvalue weighted by Crippen LogP contribution is -2.61. The zero-order valence-corrected chi connectivity index (χ0v) is 73.6. The molecule has 600 valence electrons. The monoisotopic (exact) mass is 1600 g/mol. The van der Waals surface area contributed by atoms with E-state index < -0.39 is 0 Å². The van der Waals surface area contributed by atoms with E-state index in [9.17, 15) is 0 Å². The standard InChI is InChI=1S/C118H100BN5/c1-114(2,3)78-51-43-72(44-52-78)91-65-81(117(10,11)12)66-92(73-45-53-79(54-46-73)115(4,5)6)112(91)123-102-69-83(120-96-39-23-19-33-85(96)86-34-20-24-40-97(86)120)57-59-94(102)119-95-60-58-84(121-98-41-25-21-35-87(98)88-36-22-26-42-99(88)121)70-103(95)124(105-64-77(63-104(123)111(105)119)71-29-17-16-18-30-71)113-93(74-47-55-80(56-48-74)116(7,8)9)67-82(118(13,14)15)68-106(113)122-100-61-49-75-31-27-37-89-90-38-28-32-76-50-62-101(122)110(108(76)90)109(100)107(75)89/h16-70H,1-15H3. The van der Waals surface area contributed by atoms with Gasteiger partial charge in [-0.1, -0.05) is 340 Å². The van der Waals surface area contributed by atoms with Crippen molar-refractivity contribution in [2.24, 2.45) is 0 Å². The molecular weight excluding hydrogens is 1500 g/mol. The SMILES string of the molecule is CC(C)(C)c1ccc(-c2cc(C(C)(C)C)cc(-c3ccc(C(C)(C)C)cc3)c2N2c3cc(-n4c5ccccc5c5ccccc54)ccc3B3c4ccc(-n5c6ccccc6c6ccccc65)cc4N(c4c(-c5ccc(C(C)(C)C)cc5)cc(C(C)(C)C)cc4-n4c5ccc6cccc7c8cccc9ccc4c(c98)c5c67)c4cc(-c5ccccc5)cc2c43)cc1. The summed E-state index contributed by atoms with van der Waals surface area (Å²) in [6, 6.07) is 130. The van der Waals surface area contributed by atoms with Crippen LogP contribution in [-0.2, 0) is 27.1 Å². The van der Waals surface area contributed by atoms with Gasteiger partial charge in [0.05, 0.1) is 50.2 Å². The topological polar surface area (TPSA) is 21.3 Å². The average Bonchev–Trinajstić information content (AvgIpc) is 1.46. The number of aromatic nitrogens is 3. The number of benzene rings is 18. The first-order chi connectivity index (χ1) is 59.7. The normalized spacial score (nSPS) is 13.4. The molecule has 18 aromatic carbocycles. The molecule has 5 heterocycles. The molecule has 0 radical (unpaired) electrons. The highest BCUT2D eigenvalue weighted by molar-refractivity contribution is 7.00. The van der Waals surface area contributed by atoms with Crippen LogP contribution in [0.3, 0.4) is 0 Å². The van der Waals surface area contributed by atoms with E-state index in [1.54, 1.807) is 0 Å². The van der Waals surface area contributed by atoms with Gasteiger partial charge in [-0.3, -0.25) is 0 Å². The molecule has 23 rings (SSSR count). The van der Waals surface area contributed by atoms with Crippen LogP contribution in [0.15, 0.2) is 334 Å². The van der Waals surface area contributed by atoms with E-state index in [0.29, 0.717) is 0 Å². The lowest BCUT2D eigenvalue weighted by Gasteiger charge is -2.46. The van der Waals surface area contributed by atoms with Gasteiger partial charge in [-0.05, 0) is 228 Å². The first-order valence-electron chi connectivity index (χ1n) is 44.4. The molecule has 0 saturated heterocycles. The first-order valence-corrected chi connectivity index (χ1v) is 44.4.